The second-order valence-electron chi connectivity index (χ2n) is 20.8. The van der Waals surface area contributed by atoms with Crippen LogP contribution in [0.15, 0.2) is 97.2 Å². The Labute approximate surface area is 501 Å². The number of aliphatic hydroxyl groups excluding tert-OH is 2. The van der Waals surface area contributed by atoms with Crippen molar-refractivity contribution in [3.8, 4) is 0 Å². The maximum atomic E-state index is 12.8. The van der Waals surface area contributed by atoms with E-state index in [1.165, 1.54) is 64.2 Å². The van der Waals surface area contributed by atoms with Crippen LogP contribution < -0.4 is 0 Å². The first kappa shape index (κ1) is 79.5. The van der Waals surface area contributed by atoms with E-state index >= 15 is 0 Å². The van der Waals surface area contributed by atoms with Crippen LogP contribution in [-0.2, 0) is 55.8 Å². The van der Waals surface area contributed by atoms with Crippen LogP contribution in [0.4, 0.5) is 0 Å². The molecule has 5 atom stereocenters. The number of phosphoric acid groups is 2. The number of esters is 3. The Hall–Kier alpha value is -3.53. The lowest BCUT2D eigenvalue weighted by atomic mass is 10.1. The van der Waals surface area contributed by atoms with Gasteiger partial charge in [-0.15, -0.1) is 0 Å². The molecule has 83 heavy (non-hydrogen) atoms. The molecule has 0 rings (SSSR count). The van der Waals surface area contributed by atoms with Crippen LogP contribution in [0, 0.1) is 0 Å². The van der Waals surface area contributed by atoms with E-state index in [-0.39, 0.29) is 19.3 Å². The second kappa shape index (κ2) is 58.8. The predicted octanol–water partition coefficient (Wildman–Crippen LogP) is 16.7. The summed E-state index contributed by atoms with van der Waals surface area (Å²) in [6, 6.07) is 0. The summed E-state index contributed by atoms with van der Waals surface area (Å²) in [5, 5.41) is 20.5. The van der Waals surface area contributed by atoms with Gasteiger partial charge >= 0.3 is 33.6 Å². The highest BCUT2D eigenvalue weighted by molar-refractivity contribution is 7.47. The predicted molar refractivity (Wildman–Crippen MR) is 334 cm³/mol. The minimum Gasteiger partial charge on any atom is -0.463 e. The highest BCUT2D eigenvalue weighted by atomic mass is 31.2. The Morgan fingerprint density at radius 1 is 0.349 bits per heavy atom. The largest absolute Gasteiger partial charge is 0.472 e. The average Bonchev–Trinajstić information content (AvgIpc) is 3.47. The molecule has 0 aliphatic heterocycles. The number of allylic oxidation sites excluding steroid dienone is 16. The molecule has 0 aliphatic rings. The summed E-state index contributed by atoms with van der Waals surface area (Å²) < 4.78 is 60.6. The lowest BCUT2D eigenvalue weighted by molar-refractivity contribution is -0.161. The first-order valence-electron chi connectivity index (χ1n) is 31.5. The molecule has 0 saturated carbocycles. The number of ether oxygens (including phenoxy) is 3. The van der Waals surface area contributed by atoms with Crippen molar-refractivity contribution in [2.24, 2.45) is 0 Å². The molecule has 0 radical (unpaired) electrons. The number of carbonyl (C=O) groups is 3. The minimum absolute atomic E-state index is 0.0920. The molecule has 0 aromatic carbocycles. The number of rotatable bonds is 59. The Morgan fingerprint density at radius 2 is 0.651 bits per heavy atom. The molecule has 0 heterocycles. The van der Waals surface area contributed by atoms with Gasteiger partial charge in [-0.05, 0) is 96.3 Å². The van der Waals surface area contributed by atoms with Gasteiger partial charge in [-0.25, -0.2) is 9.13 Å². The fourth-order valence-corrected chi connectivity index (χ4v) is 9.55. The van der Waals surface area contributed by atoms with E-state index < -0.39 is 91.5 Å². The van der Waals surface area contributed by atoms with Crippen LogP contribution in [0.3, 0.4) is 0 Å². The van der Waals surface area contributed by atoms with Crippen molar-refractivity contribution >= 4 is 33.6 Å². The van der Waals surface area contributed by atoms with E-state index in [0.717, 1.165) is 109 Å². The lowest BCUT2D eigenvalue weighted by Gasteiger charge is -2.21. The topological polar surface area (TPSA) is 231 Å². The first-order valence-corrected chi connectivity index (χ1v) is 34.5. The molecule has 0 aromatic heterocycles. The Balaban J connectivity index is 4.68. The highest BCUT2D eigenvalue weighted by Gasteiger charge is 2.29. The zero-order chi connectivity index (χ0) is 61.0. The zero-order valence-electron chi connectivity index (χ0n) is 51.3. The fourth-order valence-electron chi connectivity index (χ4n) is 7.96. The molecule has 16 nitrogen and oxygen atoms in total. The van der Waals surface area contributed by atoms with E-state index in [1.807, 2.05) is 12.2 Å². The summed E-state index contributed by atoms with van der Waals surface area (Å²) in [6.07, 6.45) is 62.0. The normalized spacial score (nSPS) is 15.0. The molecule has 0 saturated heterocycles. The quantitative estimate of drug-likeness (QED) is 0.0146. The molecule has 4 N–H and O–H groups in total. The van der Waals surface area contributed by atoms with Gasteiger partial charge in [-0.3, -0.25) is 32.5 Å². The third-order valence-corrected chi connectivity index (χ3v) is 14.7. The lowest BCUT2D eigenvalue weighted by Crippen LogP contribution is -2.30. The summed E-state index contributed by atoms with van der Waals surface area (Å²) in [7, 11) is -9.78. The Kier molecular flexibility index (Phi) is 56.3. The van der Waals surface area contributed by atoms with Gasteiger partial charge in [0.1, 0.15) is 25.4 Å². The number of unbranched alkanes of at least 4 members (excludes halogenated alkanes) is 20. The molecule has 0 fully saturated rings. The van der Waals surface area contributed by atoms with Gasteiger partial charge in [0.2, 0.25) is 0 Å². The SMILES string of the molecule is CC/C=C\C/C=C\C/C=C\C/C=C\C/C=C\CCCC(=O)OCC(COP(=O)(O)OCC(O)COP(=O)(O)OCC(O)COC(=O)CCCCCCCC/C=C\C/C=C\C/C=C\CCCCC)OC(=O)CCCCCCCCCCCCC. The fraction of sp³-hybridized carbons (Fsp3) is 0.708. The standard InChI is InChI=1S/C65H112O16P2/c1-4-7-10-13-16-19-22-24-26-28-29-31-33-34-37-39-42-45-48-51-63(68)75-54-60(66)55-77-82(71,72)78-56-61(67)57-79-83(73,74)80-59-62(81-65(70)53-50-47-44-41-36-21-18-15-12-9-6-3)58-76-64(69)52-49-46-43-40-38-35-32-30-27-25-23-20-17-14-11-8-5-2/h8,11,16-17,19-20,24-27,29,31-32,35,40,43,60-62,66-67H,4-7,9-10,12-15,18,21-23,28,30,33-34,36-39,41-42,44-59H2,1-3H3,(H,71,72)(H,73,74)/b11-8-,19-16-,20-17-,26-24-,27-25-,31-29-,35-32-,43-40-. The molecule has 18 heteroatoms. The summed E-state index contributed by atoms with van der Waals surface area (Å²) >= 11 is 0. The van der Waals surface area contributed by atoms with Crippen LogP contribution in [0.1, 0.15) is 239 Å². The molecular weight excluding hydrogens is 1100 g/mol. The van der Waals surface area contributed by atoms with Gasteiger partial charge in [-0.2, -0.15) is 0 Å². The average molecular weight is 1210 g/mol. The second-order valence-corrected chi connectivity index (χ2v) is 23.7. The van der Waals surface area contributed by atoms with Crippen LogP contribution in [0.25, 0.3) is 0 Å². The third-order valence-electron chi connectivity index (χ3n) is 12.8. The zero-order valence-corrected chi connectivity index (χ0v) is 53.1. The van der Waals surface area contributed by atoms with Gasteiger partial charge in [0, 0.05) is 19.3 Å². The van der Waals surface area contributed by atoms with E-state index in [4.69, 9.17) is 32.3 Å². The monoisotopic (exact) mass is 1210 g/mol. The number of carbonyl (C=O) groups excluding carboxylic acids is 3. The van der Waals surface area contributed by atoms with Crippen molar-refractivity contribution in [1.29, 1.82) is 0 Å². The van der Waals surface area contributed by atoms with E-state index in [9.17, 15) is 43.5 Å². The molecular formula is C65H112O16P2. The van der Waals surface area contributed by atoms with E-state index in [2.05, 4.69) is 106 Å². The van der Waals surface area contributed by atoms with Crippen molar-refractivity contribution in [3.63, 3.8) is 0 Å². The van der Waals surface area contributed by atoms with Crippen LogP contribution in [-0.4, -0.2) is 95.9 Å². The first-order chi connectivity index (χ1) is 40.2. The Morgan fingerprint density at radius 3 is 1.08 bits per heavy atom. The van der Waals surface area contributed by atoms with Crippen LogP contribution in [0.2, 0.25) is 0 Å². The summed E-state index contributed by atoms with van der Waals surface area (Å²) in [5.41, 5.74) is 0. The van der Waals surface area contributed by atoms with E-state index in [1.54, 1.807) is 0 Å². The Bertz CT molecular complexity index is 1910. The minimum atomic E-state index is -4.93. The molecule has 0 aromatic rings. The number of aliphatic hydroxyl groups is 2. The van der Waals surface area contributed by atoms with Crippen molar-refractivity contribution in [1.82, 2.24) is 0 Å². The van der Waals surface area contributed by atoms with Crippen LogP contribution >= 0.6 is 15.6 Å². The smallest absolute Gasteiger partial charge is 0.463 e. The number of hydrogen-bond donors (Lipinski definition) is 4. The maximum absolute atomic E-state index is 12.8. The molecule has 478 valence electrons. The molecule has 0 bridgehead atoms. The summed E-state index contributed by atoms with van der Waals surface area (Å²) in [4.78, 5) is 58.1. The van der Waals surface area contributed by atoms with Gasteiger partial charge in [0.15, 0.2) is 6.10 Å². The van der Waals surface area contributed by atoms with Crippen molar-refractivity contribution in [2.75, 3.05) is 39.6 Å². The van der Waals surface area contributed by atoms with Crippen LogP contribution in [0.5, 0.6) is 0 Å². The van der Waals surface area contributed by atoms with Gasteiger partial charge < -0.3 is 34.2 Å². The molecule has 0 spiro atoms. The molecule has 0 aliphatic carbocycles. The molecule has 0 amide bonds. The third kappa shape index (κ3) is 60.0. The molecule has 5 unspecified atom stereocenters. The van der Waals surface area contributed by atoms with Gasteiger partial charge in [-0.1, -0.05) is 221 Å². The van der Waals surface area contributed by atoms with E-state index in [0.29, 0.717) is 25.7 Å². The van der Waals surface area contributed by atoms with Crippen molar-refractivity contribution < 1.29 is 75.8 Å². The van der Waals surface area contributed by atoms with Gasteiger partial charge in [0.25, 0.3) is 0 Å². The summed E-state index contributed by atoms with van der Waals surface area (Å²) in [6.45, 7) is 2.41. The van der Waals surface area contributed by atoms with Gasteiger partial charge in [0.05, 0.1) is 26.4 Å². The number of hydrogen-bond acceptors (Lipinski definition) is 14. The van der Waals surface area contributed by atoms with Crippen molar-refractivity contribution in [3.05, 3.63) is 97.2 Å². The maximum Gasteiger partial charge on any atom is 0.472 e. The summed E-state index contributed by atoms with van der Waals surface area (Å²) in [5.74, 6) is -1.66. The number of phosphoric ester groups is 2. The van der Waals surface area contributed by atoms with Crippen molar-refractivity contribution in [2.45, 2.75) is 257 Å². The highest BCUT2D eigenvalue weighted by Crippen LogP contribution is 2.45.